The third-order valence-corrected chi connectivity index (χ3v) is 11.9. The van der Waals surface area contributed by atoms with Crippen molar-refractivity contribution < 1.29 is 24.0 Å². The number of hydrogen-bond acceptors (Lipinski definition) is 8. The van der Waals surface area contributed by atoms with Gasteiger partial charge in [0, 0.05) is 74.7 Å². The predicted molar refractivity (Wildman–Crippen MR) is 191 cm³/mol. The minimum absolute atomic E-state index is 0.00603. The van der Waals surface area contributed by atoms with Gasteiger partial charge in [0.25, 0.3) is 17.7 Å². The Morgan fingerprint density at radius 2 is 1.48 bits per heavy atom. The maximum Gasteiger partial charge on any atom is 0.262 e. The van der Waals surface area contributed by atoms with Crippen molar-refractivity contribution in [3.8, 4) is 0 Å². The number of rotatable bonds is 7. The Morgan fingerprint density at radius 1 is 0.820 bits per heavy atom. The average molecular weight is 683 g/mol. The molecule has 2 atom stereocenters. The summed E-state index contributed by atoms with van der Waals surface area (Å²) in [5.74, 6) is -1.32. The van der Waals surface area contributed by atoms with E-state index in [4.69, 9.17) is 0 Å². The van der Waals surface area contributed by atoms with Crippen molar-refractivity contribution in [2.24, 2.45) is 16.7 Å². The molecule has 4 aliphatic heterocycles. The number of anilines is 2. The number of fused-ring (bicyclic) bond motifs is 1. The number of piperidine rings is 2. The maximum atomic E-state index is 13.3. The first-order chi connectivity index (χ1) is 23.7. The minimum atomic E-state index is -0.963. The zero-order valence-corrected chi connectivity index (χ0v) is 30.0. The Morgan fingerprint density at radius 3 is 2.12 bits per heavy atom. The molecule has 266 valence electrons. The van der Waals surface area contributed by atoms with E-state index >= 15 is 0 Å². The largest absolute Gasteiger partial charge is 0.372 e. The second kappa shape index (κ2) is 12.8. The highest BCUT2D eigenvalue weighted by atomic mass is 16.2. The van der Waals surface area contributed by atoms with Gasteiger partial charge in [-0.15, -0.1) is 0 Å². The standard InChI is InChI=1S/C39H50N6O5/c1-24-21-44(28-10-11-29-30(20-28)36(50)45(35(29)49)31-12-13-32(46)40-34(31)48)19-18-43(24)22-25-14-16-42(17-15-25)27-8-6-26(7-9-27)33(47)41-37-38(2,3)23-39(37,4)5/h6-11,20,24-25,31,37H,12-19,21-23H2,1-5H3,(H,41,47)(H,40,46,48). The SMILES string of the molecule is CC1CN(c2ccc3c(c2)C(=O)N(C2CCC(=O)NC2=O)C3=O)CCN1CC1CCN(c2ccc(C(=O)NC3C(C)(C)CC3(C)C)cc2)CC1. The van der Waals surface area contributed by atoms with Crippen LogP contribution >= 0.6 is 0 Å². The van der Waals surface area contributed by atoms with Crippen LogP contribution in [0.2, 0.25) is 0 Å². The molecule has 1 aliphatic carbocycles. The van der Waals surface area contributed by atoms with Crippen molar-refractivity contribution in [2.75, 3.05) is 49.1 Å². The van der Waals surface area contributed by atoms with E-state index in [2.05, 4.69) is 72.1 Å². The van der Waals surface area contributed by atoms with Gasteiger partial charge in [0.05, 0.1) is 11.1 Å². The minimum Gasteiger partial charge on any atom is -0.372 e. The van der Waals surface area contributed by atoms with Gasteiger partial charge in [-0.2, -0.15) is 0 Å². The number of benzene rings is 2. The first kappa shape index (κ1) is 34.2. The van der Waals surface area contributed by atoms with Crippen LogP contribution in [0.1, 0.15) is 97.8 Å². The second-order valence-electron chi connectivity index (χ2n) is 16.5. The summed E-state index contributed by atoms with van der Waals surface area (Å²) in [4.78, 5) is 71.8. The summed E-state index contributed by atoms with van der Waals surface area (Å²) < 4.78 is 0. The van der Waals surface area contributed by atoms with Crippen molar-refractivity contribution in [2.45, 2.75) is 84.8 Å². The van der Waals surface area contributed by atoms with Gasteiger partial charge in [0.15, 0.2) is 0 Å². The molecular formula is C39H50N6O5. The number of nitrogens with zero attached hydrogens (tertiary/aromatic N) is 4. The number of piperazine rings is 1. The molecule has 4 heterocycles. The van der Waals surface area contributed by atoms with Crippen LogP contribution in [0.15, 0.2) is 42.5 Å². The van der Waals surface area contributed by atoms with Crippen molar-refractivity contribution in [3.05, 3.63) is 59.2 Å². The van der Waals surface area contributed by atoms with E-state index < -0.39 is 23.8 Å². The number of amides is 5. The molecule has 0 spiro atoms. The van der Waals surface area contributed by atoms with Crippen LogP contribution in [-0.4, -0.2) is 96.7 Å². The number of hydrogen-bond donors (Lipinski definition) is 2. The Bertz CT molecular complexity index is 1700. The molecule has 3 saturated heterocycles. The van der Waals surface area contributed by atoms with Gasteiger partial charge in [0.1, 0.15) is 6.04 Å². The summed E-state index contributed by atoms with van der Waals surface area (Å²) in [5, 5.41) is 5.54. The van der Waals surface area contributed by atoms with Crippen molar-refractivity contribution in [3.63, 3.8) is 0 Å². The highest BCUT2D eigenvalue weighted by Gasteiger charge is 2.53. The van der Waals surface area contributed by atoms with Gasteiger partial charge in [-0.3, -0.25) is 39.1 Å². The number of nitrogens with one attached hydrogen (secondary N) is 2. The fraction of sp³-hybridized carbons (Fsp3) is 0.564. The van der Waals surface area contributed by atoms with Crippen molar-refractivity contribution in [1.82, 2.24) is 20.4 Å². The van der Waals surface area contributed by atoms with Gasteiger partial charge in [-0.25, -0.2) is 0 Å². The van der Waals surface area contributed by atoms with Crippen LogP contribution in [-0.2, 0) is 9.59 Å². The first-order valence-electron chi connectivity index (χ1n) is 18.2. The maximum absolute atomic E-state index is 13.3. The lowest BCUT2D eigenvalue weighted by Gasteiger charge is -2.57. The van der Waals surface area contributed by atoms with Gasteiger partial charge in [-0.1, -0.05) is 27.7 Å². The molecule has 11 nitrogen and oxygen atoms in total. The lowest BCUT2D eigenvalue weighted by atomic mass is 9.52. The Kier molecular flexibility index (Phi) is 8.77. The molecule has 50 heavy (non-hydrogen) atoms. The monoisotopic (exact) mass is 682 g/mol. The predicted octanol–water partition coefficient (Wildman–Crippen LogP) is 4.07. The van der Waals surface area contributed by atoms with Crippen LogP contribution < -0.4 is 20.4 Å². The molecule has 5 amide bonds. The van der Waals surface area contributed by atoms with Gasteiger partial charge >= 0.3 is 0 Å². The zero-order valence-electron chi connectivity index (χ0n) is 30.0. The number of imide groups is 2. The molecule has 0 radical (unpaired) electrons. The summed E-state index contributed by atoms with van der Waals surface area (Å²) in [7, 11) is 0. The molecule has 5 aliphatic rings. The van der Waals surface area contributed by atoms with Crippen molar-refractivity contribution >= 4 is 40.9 Å². The van der Waals surface area contributed by atoms with Crippen LogP contribution in [0.25, 0.3) is 0 Å². The Balaban J connectivity index is 0.894. The van der Waals surface area contributed by atoms with Crippen LogP contribution in [0.4, 0.5) is 11.4 Å². The van der Waals surface area contributed by atoms with Crippen LogP contribution in [0.3, 0.4) is 0 Å². The Hall–Kier alpha value is -4.25. The summed E-state index contributed by atoms with van der Waals surface area (Å²) in [6, 6.07) is 13.0. The summed E-state index contributed by atoms with van der Waals surface area (Å²) >= 11 is 0. The summed E-state index contributed by atoms with van der Waals surface area (Å²) in [5.41, 5.74) is 3.64. The van der Waals surface area contributed by atoms with E-state index in [1.54, 1.807) is 12.1 Å². The Labute approximate surface area is 294 Å². The number of carbonyl (C=O) groups is 5. The average Bonchev–Trinajstić information content (AvgIpc) is 3.32. The highest BCUT2D eigenvalue weighted by Crippen LogP contribution is 2.53. The number of carbonyl (C=O) groups excluding carboxylic acids is 5. The molecule has 2 N–H and O–H groups in total. The fourth-order valence-corrected chi connectivity index (χ4v) is 9.60. The third-order valence-electron chi connectivity index (χ3n) is 11.9. The molecule has 2 aromatic carbocycles. The van der Waals surface area contributed by atoms with Gasteiger partial charge in [0.2, 0.25) is 11.8 Å². The summed E-state index contributed by atoms with van der Waals surface area (Å²) in [6.07, 6.45) is 3.58. The zero-order chi connectivity index (χ0) is 35.5. The molecular weight excluding hydrogens is 632 g/mol. The summed E-state index contributed by atoms with van der Waals surface area (Å²) in [6.45, 7) is 16.7. The molecule has 2 aromatic rings. The second-order valence-corrected chi connectivity index (χ2v) is 16.5. The molecule has 0 aromatic heterocycles. The van der Waals surface area contributed by atoms with E-state index in [-0.39, 0.29) is 41.5 Å². The third kappa shape index (κ3) is 6.29. The normalized spacial score (nSPS) is 25.7. The van der Waals surface area contributed by atoms with Gasteiger partial charge < -0.3 is 15.1 Å². The van der Waals surface area contributed by atoms with E-state index in [1.165, 1.54) is 5.69 Å². The molecule has 0 bridgehead atoms. The topological polar surface area (TPSA) is 122 Å². The molecule has 4 fully saturated rings. The molecule has 2 unspecified atom stereocenters. The van der Waals surface area contributed by atoms with E-state index in [1.807, 2.05) is 18.2 Å². The smallest absolute Gasteiger partial charge is 0.262 e. The van der Waals surface area contributed by atoms with Crippen LogP contribution in [0, 0.1) is 16.7 Å². The van der Waals surface area contributed by atoms with E-state index in [0.717, 1.165) is 69.1 Å². The van der Waals surface area contributed by atoms with Crippen molar-refractivity contribution in [1.29, 1.82) is 0 Å². The first-order valence-corrected chi connectivity index (χ1v) is 18.2. The van der Waals surface area contributed by atoms with Crippen LogP contribution in [0.5, 0.6) is 0 Å². The fourth-order valence-electron chi connectivity index (χ4n) is 9.60. The highest BCUT2D eigenvalue weighted by molar-refractivity contribution is 6.23. The quantitative estimate of drug-likeness (QED) is 0.420. The molecule has 11 heteroatoms. The lowest BCUT2D eigenvalue weighted by molar-refractivity contribution is -0.136. The van der Waals surface area contributed by atoms with E-state index in [0.29, 0.717) is 28.7 Å². The van der Waals surface area contributed by atoms with Gasteiger partial charge in [-0.05, 0) is 91.8 Å². The van der Waals surface area contributed by atoms with E-state index in [9.17, 15) is 24.0 Å². The molecule has 1 saturated carbocycles. The lowest BCUT2D eigenvalue weighted by Crippen LogP contribution is -2.63. The molecule has 7 rings (SSSR count).